The van der Waals surface area contributed by atoms with Gasteiger partial charge in [0.1, 0.15) is 11.5 Å². The van der Waals surface area contributed by atoms with Gasteiger partial charge in [-0.25, -0.2) is 9.97 Å². The number of aryl methyl sites for hydroxylation is 1. The van der Waals surface area contributed by atoms with E-state index in [0.717, 1.165) is 49.3 Å². The van der Waals surface area contributed by atoms with E-state index in [4.69, 9.17) is 9.97 Å². The van der Waals surface area contributed by atoms with Gasteiger partial charge in [-0.05, 0) is 51.2 Å². The summed E-state index contributed by atoms with van der Waals surface area (Å²) in [7, 11) is 1.95. The van der Waals surface area contributed by atoms with Crippen molar-refractivity contribution in [3.05, 3.63) is 35.7 Å². The van der Waals surface area contributed by atoms with Crippen molar-refractivity contribution in [2.75, 3.05) is 18.5 Å². The third-order valence-electron chi connectivity index (χ3n) is 5.95. The molecule has 0 saturated heterocycles. The van der Waals surface area contributed by atoms with Gasteiger partial charge in [-0.2, -0.15) is 0 Å². The molecule has 0 aliphatic heterocycles. The number of anilines is 1. The number of hydrogen-bond acceptors (Lipinski definition) is 5. The number of aromatic nitrogens is 3. The predicted molar refractivity (Wildman–Crippen MR) is 110 cm³/mol. The minimum absolute atomic E-state index is 0.0663. The summed E-state index contributed by atoms with van der Waals surface area (Å²) in [6.07, 6.45) is 10.6. The molecule has 0 atom stereocenters. The van der Waals surface area contributed by atoms with Gasteiger partial charge in [0.2, 0.25) is 5.91 Å². The molecule has 2 aliphatic rings. The molecular formula is C22H29N5O. The number of fused-ring (bicyclic) bond motifs is 1. The molecule has 4 rings (SSSR count). The van der Waals surface area contributed by atoms with E-state index in [1.807, 2.05) is 30.1 Å². The SMILES string of the molecule is CN(CC(=O)NC1(C)CCCCC1)c1nc(-c2ccccn2)nc2c1CCC2. The molecule has 1 amide bonds. The van der Waals surface area contributed by atoms with Gasteiger partial charge in [0.25, 0.3) is 0 Å². The summed E-state index contributed by atoms with van der Waals surface area (Å²) < 4.78 is 0. The molecule has 2 aromatic rings. The summed E-state index contributed by atoms with van der Waals surface area (Å²) in [4.78, 5) is 28.7. The number of amides is 1. The highest BCUT2D eigenvalue weighted by Gasteiger charge is 2.29. The van der Waals surface area contributed by atoms with Crippen LogP contribution in [0.5, 0.6) is 0 Å². The second-order valence-corrected chi connectivity index (χ2v) is 8.39. The highest BCUT2D eigenvalue weighted by Crippen LogP contribution is 2.31. The first-order valence-electron chi connectivity index (χ1n) is 10.4. The Morgan fingerprint density at radius 2 is 1.96 bits per heavy atom. The van der Waals surface area contributed by atoms with Crippen LogP contribution in [0, 0.1) is 0 Å². The number of carbonyl (C=O) groups excluding carboxylic acids is 1. The molecule has 0 radical (unpaired) electrons. The zero-order valence-corrected chi connectivity index (χ0v) is 16.9. The van der Waals surface area contributed by atoms with Crippen LogP contribution in [0.4, 0.5) is 5.82 Å². The smallest absolute Gasteiger partial charge is 0.239 e. The average molecular weight is 380 g/mol. The number of carbonyl (C=O) groups is 1. The molecule has 1 saturated carbocycles. The second-order valence-electron chi connectivity index (χ2n) is 8.39. The highest BCUT2D eigenvalue weighted by molar-refractivity contribution is 5.82. The Kier molecular flexibility index (Phi) is 5.29. The van der Waals surface area contributed by atoms with Crippen LogP contribution < -0.4 is 10.2 Å². The lowest BCUT2D eigenvalue weighted by molar-refractivity contribution is -0.121. The van der Waals surface area contributed by atoms with Crippen molar-refractivity contribution in [2.45, 2.75) is 63.8 Å². The molecule has 28 heavy (non-hydrogen) atoms. The van der Waals surface area contributed by atoms with Crippen LogP contribution in [0.15, 0.2) is 24.4 Å². The number of nitrogens with one attached hydrogen (secondary N) is 1. The molecule has 2 aromatic heterocycles. The molecule has 0 spiro atoms. The zero-order valence-electron chi connectivity index (χ0n) is 16.9. The first kappa shape index (κ1) is 18.8. The van der Waals surface area contributed by atoms with Crippen molar-refractivity contribution in [3.63, 3.8) is 0 Å². The first-order valence-corrected chi connectivity index (χ1v) is 10.4. The van der Waals surface area contributed by atoms with Gasteiger partial charge >= 0.3 is 0 Å². The number of likely N-dealkylation sites (N-methyl/N-ethyl adjacent to an activating group) is 1. The van der Waals surface area contributed by atoms with Gasteiger partial charge in [0, 0.05) is 30.0 Å². The van der Waals surface area contributed by atoms with E-state index in [9.17, 15) is 4.79 Å². The first-order chi connectivity index (χ1) is 13.5. The largest absolute Gasteiger partial charge is 0.350 e. The minimum atomic E-state index is -0.0666. The Balaban J connectivity index is 1.54. The lowest BCUT2D eigenvalue weighted by Gasteiger charge is -2.35. The molecule has 6 heteroatoms. The Bertz CT molecular complexity index is 846. The molecule has 0 bridgehead atoms. The summed E-state index contributed by atoms with van der Waals surface area (Å²) in [6, 6.07) is 5.76. The minimum Gasteiger partial charge on any atom is -0.350 e. The van der Waals surface area contributed by atoms with E-state index in [-0.39, 0.29) is 11.4 Å². The fourth-order valence-corrected chi connectivity index (χ4v) is 4.46. The Morgan fingerprint density at radius 1 is 1.14 bits per heavy atom. The Labute approximate surface area is 166 Å². The topological polar surface area (TPSA) is 71.0 Å². The summed E-state index contributed by atoms with van der Waals surface area (Å²) in [5.41, 5.74) is 2.98. The van der Waals surface area contributed by atoms with Crippen molar-refractivity contribution < 1.29 is 4.79 Å². The second kappa shape index (κ2) is 7.86. The molecule has 0 unspecified atom stereocenters. The highest BCUT2D eigenvalue weighted by atomic mass is 16.2. The zero-order chi connectivity index (χ0) is 19.6. The van der Waals surface area contributed by atoms with Crippen molar-refractivity contribution >= 4 is 11.7 Å². The molecule has 2 heterocycles. The molecular weight excluding hydrogens is 350 g/mol. The normalized spacial score (nSPS) is 17.8. The average Bonchev–Trinajstić information content (AvgIpc) is 3.16. The van der Waals surface area contributed by atoms with Gasteiger partial charge in [0.15, 0.2) is 5.82 Å². The summed E-state index contributed by atoms with van der Waals surface area (Å²) >= 11 is 0. The number of pyridine rings is 1. The maximum atomic E-state index is 12.7. The van der Waals surface area contributed by atoms with Crippen molar-refractivity contribution in [2.24, 2.45) is 0 Å². The number of rotatable bonds is 5. The van der Waals surface area contributed by atoms with Crippen molar-refractivity contribution in [3.8, 4) is 11.5 Å². The maximum Gasteiger partial charge on any atom is 0.239 e. The van der Waals surface area contributed by atoms with Gasteiger partial charge in [-0.3, -0.25) is 9.78 Å². The quantitative estimate of drug-likeness (QED) is 0.863. The lowest BCUT2D eigenvalue weighted by Crippen LogP contribution is -2.50. The van der Waals surface area contributed by atoms with Crippen LogP contribution in [0.2, 0.25) is 0 Å². The molecule has 1 N–H and O–H groups in total. The van der Waals surface area contributed by atoms with E-state index >= 15 is 0 Å². The van der Waals surface area contributed by atoms with Gasteiger partial charge in [-0.15, -0.1) is 0 Å². The van der Waals surface area contributed by atoms with E-state index in [1.165, 1.54) is 24.8 Å². The maximum absolute atomic E-state index is 12.7. The fraction of sp³-hybridized carbons (Fsp3) is 0.545. The lowest BCUT2D eigenvalue weighted by atomic mass is 9.83. The van der Waals surface area contributed by atoms with Gasteiger partial charge in [-0.1, -0.05) is 25.3 Å². The van der Waals surface area contributed by atoms with E-state index < -0.39 is 0 Å². The fourth-order valence-electron chi connectivity index (χ4n) is 4.46. The predicted octanol–water partition coefficient (Wildman–Crippen LogP) is 3.30. The van der Waals surface area contributed by atoms with Crippen LogP contribution in [0.25, 0.3) is 11.5 Å². The Hall–Kier alpha value is -2.50. The monoisotopic (exact) mass is 379 g/mol. The third-order valence-corrected chi connectivity index (χ3v) is 5.95. The molecule has 1 fully saturated rings. The third kappa shape index (κ3) is 4.01. The van der Waals surface area contributed by atoms with Crippen LogP contribution in [0.3, 0.4) is 0 Å². The number of nitrogens with zero attached hydrogens (tertiary/aromatic N) is 4. The van der Waals surface area contributed by atoms with E-state index in [0.29, 0.717) is 12.4 Å². The number of hydrogen-bond donors (Lipinski definition) is 1. The molecule has 148 valence electrons. The van der Waals surface area contributed by atoms with Crippen molar-refractivity contribution in [1.82, 2.24) is 20.3 Å². The van der Waals surface area contributed by atoms with Crippen LogP contribution >= 0.6 is 0 Å². The van der Waals surface area contributed by atoms with Crippen LogP contribution in [-0.2, 0) is 17.6 Å². The summed E-state index contributed by atoms with van der Waals surface area (Å²) in [5.74, 6) is 1.58. The van der Waals surface area contributed by atoms with E-state index in [2.05, 4.69) is 17.2 Å². The van der Waals surface area contributed by atoms with Crippen molar-refractivity contribution in [1.29, 1.82) is 0 Å². The molecule has 2 aliphatic carbocycles. The summed E-state index contributed by atoms with van der Waals surface area (Å²) in [6.45, 7) is 2.48. The summed E-state index contributed by atoms with van der Waals surface area (Å²) in [5, 5.41) is 3.27. The van der Waals surface area contributed by atoms with Gasteiger partial charge in [0.05, 0.1) is 6.54 Å². The standard InChI is InChI=1S/C22H29N5O/c1-22(12-5-3-6-13-22)26-19(28)15-27(2)21-16-9-8-11-17(16)24-20(25-21)18-10-4-7-14-23-18/h4,7,10,14H,3,5-6,8-9,11-13,15H2,1-2H3,(H,26,28). The van der Waals surface area contributed by atoms with Gasteiger partial charge < -0.3 is 10.2 Å². The van der Waals surface area contributed by atoms with E-state index in [1.54, 1.807) is 6.20 Å². The Morgan fingerprint density at radius 3 is 2.71 bits per heavy atom. The van der Waals surface area contributed by atoms with Crippen LogP contribution in [-0.4, -0.2) is 40.0 Å². The molecule has 6 nitrogen and oxygen atoms in total. The molecule has 0 aromatic carbocycles. The van der Waals surface area contributed by atoms with Crippen LogP contribution in [0.1, 0.15) is 56.7 Å².